The summed E-state index contributed by atoms with van der Waals surface area (Å²) in [5, 5.41) is 9.60. The van der Waals surface area contributed by atoms with Gasteiger partial charge in [0, 0.05) is 0 Å². The van der Waals surface area contributed by atoms with Crippen LogP contribution < -0.4 is 0 Å². The second-order valence-corrected chi connectivity index (χ2v) is 7.00. The summed E-state index contributed by atoms with van der Waals surface area (Å²) in [5.74, 6) is -0.611. The lowest BCUT2D eigenvalue weighted by atomic mass is 9.98. The summed E-state index contributed by atoms with van der Waals surface area (Å²) in [6.07, 6.45) is 1.56. The zero-order valence-corrected chi connectivity index (χ0v) is 16.4. The number of nitriles is 1. The Morgan fingerprint density at radius 3 is 2.48 bits per heavy atom. The monoisotopic (exact) mass is 388 g/mol. The van der Waals surface area contributed by atoms with Crippen molar-refractivity contribution in [3.8, 4) is 6.07 Å². The molecule has 0 unspecified atom stereocenters. The predicted octanol–water partition coefficient (Wildman–Crippen LogP) is 4.91. The van der Waals surface area contributed by atoms with Gasteiger partial charge in [0.15, 0.2) is 0 Å². The summed E-state index contributed by atoms with van der Waals surface area (Å²) in [5.41, 5.74) is 2.36. The molecule has 1 aromatic heterocycles. The molecule has 0 spiro atoms. The first-order chi connectivity index (χ1) is 12.9. The number of carbonyl (C=O) groups is 1. The standard InChI is InChI=1S/C21H22ClFN2O2/c1-4-27-21(26)19-17(10-7-14-5-8-15(23)9-6-14)25-18(11-13(2)3)16(12-24)20(19)22/h5-6,8-9,13H,4,7,10-11H2,1-3H3. The van der Waals surface area contributed by atoms with Crippen molar-refractivity contribution in [1.82, 2.24) is 4.98 Å². The van der Waals surface area contributed by atoms with Crippen LogP contribution in [0.15, 0.2) is 24.3 Å². The van der Waals surface area contributed by atoms with E-state index in [2.05, 4.69) is 11.1 Å². The quantitative estimate of drug-likeness (QED) is 0.632. The van der Waals surface area contributed by atoms with Crippen molar-refractivity contribution in [2.75, 3.05) is 6.61 Å². The Kier molecular flexibility index (Phi) is 7.32. The number of hydrogen-bond acceptors (Lipinski definition) is 4. The molecule has 0 amide bonds. The SMILES string of the molecule is CCOC(=O)c1c(CCc2ccc(F)cc2)nc(CC(C)C)c(C#N)c1Cl. The molecule has 0 aliphatic heterocycles. The highest BCUT2D eigenvalue weighted by atomic mass is 35.5. The molecule has 1 aromatic carbocycles. The van der Waals surface area contributed by atoms with Crippen LogP contribution in [0.4, 0.5) is 4.39 Å². The number of pyridine rings is 1. The first-order valence-corrected chi connectivity index (χ1v) is 9.28. The minimum atomic E-state index is -0.586. The molecule has 0 aliphatic rings. The molecule has 2 aromatic rings. The normalized spacial score (nSPS) is 10.7. The number of esters is 1. The van der Waals surface area contributed by atoms with Crippen LogP contribution in [0.1, 0.15) is 53.6 Å². The lowest BCUT2D eigenvalue weighted by Gasteiger charge is -2.15. The van der Waals surface area contributed by atoms with E-state index in [0.29, 0.717) is 30.7 Å². The number of ether oxygens (including phenoxy) is 1. The first-order valence-electron chi connectivity index (χ1n) is 8.90. The number of rotatable bonds is 7. The second kappa shape index (κ2) is 9.48. The minimum Gasteiger partial charge on any atom is -0.462 e. The maximum absolute atomic E-state index is 13.1. The molecule has 1 heterocycles. The Labute approximate surface area is 163 Å². The second-order valence-electron chi connectivity index (χ2n) is 6.63. The lowest BCUT2D eigenvalue weighted by Crippen LogP contribution is -2.15. The first kappa shape index (κ1) is 20.9. The van der Waals surface area contributed by atoms with Gasteiger partial charge in [-0.05, 0) is 49.8 Å². The van der Waals surface area contributed by atoms with E-state index in [4.69, 9.17) is 16.3 Å². The molecule has 142 valence electrons. The van der Waals surface area contributed by atoms with E-state index in [1.165, 1.54) is 12.1 Å². The van der Waals surface area contributed by atoms with Crippen molar-refractivity contribution >= 4 is 17.6 Å². The molecule has 27 heavy (non-hydrogen) atoms. The van der Waals surface area contributed by atoms with Crippen molar-refractivity contribution in [2.24, 2.45) is 5.92 Å². The van der Waals surface area contributed by atoms with Gasteiger partial charge in [0.2, 0.25) is 0 Å². The Balaban J connectivity index is 2.47. The smallest absolute Gasteiger partial charge is 0.341 e. The van der Waals surface area contributed by atoms with Crippen LogP contribution in [0.3, 0.4) is 0 Å². The molecule has 6 heteroatoms. The number of nitrogens with zero attached hydrogens (tertiary/aromatic N) is 2. The topological polar surface area (TPSA) is 63.0 Å². The number of aromatic nitrogens is 1. The Bertz CT molecular complexity index is 858. The third-order valence-corrected chi connectivity index (χ3v) is 4.42. The summed E-state index contributed by atoms with van der Waals surface area (Å²) >= 11 is 6.42. The van der Waals surface area contributed by atoms with Crippen molar-refractivity contribution in [1.29, 1.82) is 5.26 Å². The number of benzene rings is 1. The van der Waals surface area contributed by atoms with Gasteiger partial charge >= 0.3 is 5.97 Å². The van der Waals surface area contributed by atoms with Crippen LogP contribution in [0.2, 0.25) is 5.02 Å². The Morgan fingerprint density at radius 1 is 1.26 bits per heavy atom. The number of hydrogen-bond donors (Lipinski definition) is 0. The number of carbonyl (C=O) groups excluding carboxylic acids is 1. The summed E-state index contributed by atoms with van der Waals surface area (Å²) in [7, 11) is 0. The third-order valence-electron chi connectivity index (χ3n) is 4.04. The van der Waals surface area contributed by atoms with Crippen LogP contribution in [0, 0.1) is 23.1 Å². The molecule has 4 nitrogen and oxygen atoms in total. The highest BCUT2D eigenvalue weighted by Crippen LogP contribution is 2.29. The average molecular weight is 389 g/mol. The van der Waals surface area contributed by atoms with Gasteiger partial charge in [-0.25, -0.2) is 9.18 Å². The van der Waals surface area contributed by atoms with Gasteiger partial charge in [-0.2, -0.15) is 5.26 Å². The summed E-state index contributed by atoms with van der Waals surface area (Å²) in [6, 6.07) is 8.25. The van der Waals surface area contributed by atoms with Gasteiger partial charge in [-0.3, -0.25) is 4.98 Å². The van der Waals surface area contributed by atoms with Crippen LogP contribution in [0.25, 0.3) is 0 Å². The zero-order chi connectivity index (χ0) is 20.0. The van der Waals surface area contributed by atoms with Crippen molar-refractivity contribution in [2.45, 2.75) is 40.0 Å². The maximum Gasteiger partial charge on any atom is 0.341 e. The molecule has 0 N–H and O–H groups in total. The molecule has 0 saturated heterocycles. The van der Waals surface area contributed by atoms with E-state index < -0.39 is 5.97 Å². The molecule has 2 rings (SSSR count). The van der Waals surface area contributed by atoms with E-state index in [-0.39, 0.29) is 34.5 Å². The lowest BCUT2D eigenvalue weighted by molar-refractivity contribution is 0.0524. The zero-order valence-electron chi connectivity index (χ0n) is 15.7. The van der Waals surface area contributed by atoms with Gasteiger partial charge in [-0.1, -0.05) is 37.6 Å². The fraction of sp³-hybridized carbons (Fsp3) is 0.381. The van der Waals surface area contributed by atoms with E-state index in [9.17, 15) is 14.4 Å². The van der Waals surface area contributed by atoms with Crippen LogP contribution >= 0.6 is 11.6 Å². The van der Waals surface area contributed by atoms with E-state index in [1.54, 1.807) is 19.1 Å². The van der Waals surface area contributed by atoms with Gasteiger partial charge < -0.3 is 4.74 Å². The summed E-state index contributed by atoms with van der Waals surface area (Å²) < 4.78 is 18.2. The molecule has 0 aliphatic carbocycles. The van der Waals surface area contributed by atoms with Crippen LogP contribution in [0.5, 0.6) is 0 Å². The largest absolute Gasteiger partial charge is 0.462 e. The van der Waals surface area contributed by atoms with Crippen molar-refractivity contribution in [3.05, 3.63) is 63.2 Å². The van der Waals surface area contributed by atoms with Gasteiger partial charge in [0.05, 0.1) is 28.6 Å². The molecule has 0 bridgehead atoms. The fourth-order valence-electron chi connectivity index (χ4n) is 2.81. The van der Waals surface area contributed by atoms with Crippen molar-refractivity contribution < 1.29 is 13.9 Å². The molecule has 0 radical (unpaired) electrons. The summed E-state index contributed by atoms with van der Waals surface area (Å²) in [6.45, 7) is 5.94. The van der Waals surface area contributed by atoms with E-state index in [1.807, 2.05) is 13.8 Å². The average Bonchev–Trinajstić information content (AvgIpc) is 2.61. The molecular weight excluding hydrogens is 367 g/mol. The third kappa shape index (κ3) is 5.27. The van der Waals surface area contributed by atoms with E-state index in [0.717, 1.165) is 5.56 Å². The van der Waals surface area contributed by atoms with Crippen LogP contribution in [-0.2, 0) is 24.0 Å². The van der Waals surface area contributed by atoms with Gasteiger partial charge in [0.1, 0.15) is 17.4 Å². The van der Waals surface area contributed by atoms with Gasteiger partial charge in [0.25, 0.3) is 0 Å². The molecule has 0 atom stereocenters. The minimum absolute atomic E-state index is 0.0932. The van der Waals surface area contributed by atoms with Gasteiger partial charge in [-0.15, -0.1) is 0 Å². The molecular formula is C21H22ClFN2O2. The fourth-order valence-corrected chi connectivity index (χ4v) is 3.14. The highest BCUT2D eigenvalue weighted by Gasteiger charge is 2.24. The Hall–Kier alpha value is -2.45. The number of aryl methyl sites for hydroxylation is 2. The summed E-state index contributed by atoms with van der Waals surface area (Å²) in [4.78, 5) is 17.0. The van der Waals surface area contributed by atoms with E-state index >= 15 is 0 Å². The number of halogens is 2. The van der Waals surface area contributed by atoms with Crippen LogP contribution in [-0.4, -0.2) is 17.6 Å². The Morgan fingerprint density at radius 2 is 1.93 bits per heavy atom. The maximum atomic E-state index is 13.1. The highest BCUT2D eigenvalue weighted by molar-refractivity contribution is 6.35. The predicted molar refractivity (Wildman–Crippen MR) is 102 cm³/mol. The molecule has 0 fully saturated rings. The molecule has 0 saturated carbocycles. The van der Waals surface area contributed by atoms with Crippen molar-refractivity contribution in [3.63, 3.8) is 0 Å².